The van der Waals surface area contributed by atoms with Crippen molar-refractivity contribution < 1.29 is 14.1 Å². The van der Waals surface area contributed by atoms with Gasteiger partial charge in [0, 0.05) is 5.56 Å². The lowest BCUT2D eigenvalue weighted by molar-refractivity contribution is -0.772. The number of imide groups is 1. The zero-order chi connectivity index (χ0) is 34.1. The molecule has 47 heavy (non-hydrogen) atoms. The fourth-order valence-electron chi connectivity index (χ4n) is 6.45. The second kappa shape index (κ2) is 31.3. The van der Waals surface area contributed by atoms with Crippen molar-refractivity contribution in [2.24, 2.45) is 0 Å². The van der Waals surface area contributed by atoms with E-state index in [2.05, 4.69) is 38.2 Å². The first-order chi connectivity index (χ1) is 23.0. The summed E-state index contributed by atoms with van der Waals surface area (Å²) in [6.45, 7) is 5.01. The van der Waals surface area contributed by atoms with Crippen LogP contribution in [0.5, 0.6) is 0 Å². The van der Waals surface area contributed by atoms with E-state index in [-0.39, 0.29) is 16.3 Å². The van der Waals surface area contributed by atoms with Crippen molar-refractivity contribution in [3.63, 3.8) is 0 Å². The van der Waals surface area contributed by atoms with Crippen molar-refractivity contribution in [1.82, 2.24) is 0 Å². The summed E-state index contributed by atoms with van der Waals surface area (Å²) in [4.78, 5) is 27.1. The molecule has 0 aromatic heterocycles. The van der Waals surface area contributed by atoms with Crippen molar-refractivity contribution in [2.75, 3.05) is 7.05 Å². The molecule has 0 spiro atoms. The molecule has 1 aromatic rings. The lowest BCUT2D eigenvalue weighted by Gasteiger charge is -2.29. The zero-order valence-electron chi connectivity index (χ0n) is 31.5. The molecule has 0 saturated heterocycles. The maximum Gasteiger partial charge on any atom is 0.321 e. The predicted molar refractivity (Wildman–Crippen MR) is 205 cm³/mol. The highest BCUT2D eigenvalue weighted by Crippen LogP contribution is 2.21. The Morgan fingerprint density at radius 3 is 1.15 bits per heavy atom. The summed E-state index contributed by atoms with van der Waals surface area (Å²) in [7, 11) is 1.87. The van der Waals surface area contributed by atoms with E-state index in [4.69, 9.17) is 0 Å². The Labute approximate surface area is 292 Å². The lowest BCUT2D eigenvalue weighted by atomic mass is 10.0. The van der Waals surface area contributed by atoms with Gasteiger partial charge in [0.2, 0.25) is 0 Å². The third-order valence-electron chi connectivity index (χ3n) is 9.75. The molecule has 0 aliphatic heterocycles. The average Bonchev–Trinajstić information content (AvgIpc) is 3.08. The van der Waals surface area contributed by atoms with Crippen molar-refractivity contribution in [3.8, 4) is 0 Å². The molecule has 2 amide bonds. The van der Waals surface area contributed by atoms with Gasteiger partial charge in [0.15, 0.2) is 0 Å². The number of quaternary nitrogens is 1. The quantitative estimate of drug-likeness (QED) is 0.0442. The summed E-state index contributed by atoms with van der Waals surface area (Å²) in [6.07, 6.45) is 42.8. The summed E-state index contributed by atoms with van der Waals surface area (Å²) >= 11 is 0. The first-order valence-corrected chi connectivity index (χ1v) is 20.3. The van der Waals surface area contributed by atoms with Crippen LogP contribution in [0.25, 0.3) is 0 Å². The van der Waals surface area contributed by atoms with Gasteiger partial charge in [-0.15, -0.1) is 0 Å². The molecule has 0 N–H and O–H groups in total. The largest absolute Gasteiger partial charge is 0.321 e. The molecule has 268 valence electrons. The molecule has 0 saturated carbocycles. The van der Waals surface area contributed by atoms with Crippen LogP contribution in [-0.4, -0.2) is 23.3 Å². The third-order valence-corrected chi connectivity index (χ3v) is 9.75. The third kappa shape index (κ3) is 23.9. The number of hydrogen-bond acceptors (Lipinski definition) is 2. The highest BCUT2D eigenvalue weighted by atomic mass is 16.2. The summed E-state index contributed by atoms with van der Waals surface area (Å²) in [5.41, 5.74) is 1.06. The minimum Gasteiger partial charge on any atom is -0.230 e. The Morgan fingerprint density at radius 2 is 0.787 bits per heavy atom. The van der Waals surface area contributed by atoms with Gasteiger partial charge in [0.1, 0.15) is 6.54 Å². The molecule has 0 aliphatic carbocycles. The summed E-state index contributed by atoms with van der Waals surface area (Å²) in [5, 5.41) is 0. The lowest BCUT2D eigenvalue weighted by Crippen LogP contribution is -2.53. The highest BCUT2D eigenvalue weighted by molar-refractivity contribution is 5.84. The number of carbonyl (C=O) groups excluding carboxylic acids is 2. The van der Waals surface area contributed by atoms with Crippen LogP contribution in [0.4, 0.5) is 0 Å². The van der Waals surface area contributed by atoms with E-state index in [1.54, 1.807) is 0 Å². The van der Waals surface area contributed by atoms with Crippen molar-refractivity contribution >= 4 is 11.8 Å². The molecule has 0 aliphatic rings. The van der Waals surface area contributed by atoms with Gasteiger partial charge in [0.05, 0.1) is 19.9 Å². The standard InChI is InChI=1S/C44H76NO2/c1-4-6-8-10-12-14-16-18-20-22-24-26-28-30-35-39-43(46)45(3,41-42-37-33-32-34-38-42)44(47)40-36-31-29-27-25-23-21-19-17-15-13-11-9-7-5-2/h18-21,32-34,37-38H,4-17,22-31,35-36,39-41H2,1-3H3/q+1. The molecule has 0 atom stereocenters. The van der Waals surface area contributed by atoms with Crippen molar-refractivity contribution in [3.05, 3.63) is 60.2 Å². The molecule has 0 heterocycles. The Kier molecular flexibility index (Phi) is 28.6. The molecule has 0 unspecified atom stereocenters. The van der Waals surface area contributed by atoms with Gasteiger partial charge >= 0.3 is 11.8 Å². The Balaban J connectivity index is 2.27. The number of allylic oxidation sites excluding steroid dienone is 4. The maximum atomic E-state index is 13.5. The maximum absolute atomic E-state index is 13.5. The fraction of sp³-hybridized carbons (Fsp3) is 0.727. The fourth-order valence-corrected chi connectivity index (χ4v) is 6.45. The van der Waals surface area contributed by atoms with Gasteiger partial charge in [-0.3, -0.25) is 0 Å². The Hall–Kier alpha value is -2.00. The second-order valence-electron chi connectivity index (χ2n) is 14.3. The molecule has 0 radical (unpaired) electrons. The van der Waals surface area contributed by atoms with Gasteiger partial charge in [0.25, 0.3) is 0 Å². The van der Waals surface area contributed by atoms with E-state index in [0.717, 1.165) is 31.2 Å². The number of nitrogens with zero attached hydrogens (tertiary/aromatic N) is 1. The normalized spacial score (nSPS) is 13.1. The first-order valence-electron chi connectivity index (χ1n) is 20.3. The van der Waals surface area contributed by atoms with Crippen LogP contribution in [0, 0.1) is 0 Å². The van der Waals surface area contributed by atoms with E-state index in [0.29, 0.717) is 19.4 Å². The van der Waals surface area contributed by atoms with Crippen LogP contribution in [0.2, 0.25) is 0 Å². The minimum atomic E-state index is -0.0865. The number of benzene rings is 1. The topological polar surface area (TPSA) is 34.1 Å². The Bertz CT molecular complexity index is 866. The van der Waals surface area contributed by atoms with Crippen LogP contribution in [0.3, 0.4) is 0 Å². The number of carbonyl (C=O) groups is 2. The van der Waals surface area contributed by atoms with E-state index in [1.165, 1.54) is 141 Å². The zero-order valence-corrected chi connectivity index (χ0v) is 31.5. The van der Waals surface area contributed by atoms with Gasteiger partial charge < -0.3 is 0 Å². The van der Waals surface area contributed by atoms with Gasteiger partial charge in [-0.2, -0.15) is 4.48 Å². The van der Waals surface area contributed by atoms with Crippen molar-refractivity contribution in [2.45, 2.75) is 200 Å². The second-order valence-corrected chi connectivity index (χ2v) is 14.3. The van der Waals surface area contributed by atoms with Gasteiger partial charge in [-0.1, -0.05) is 171 Å². The number of hydrogen-bond donors (Lipinski definition) is 0. The highest BCUT2D eigenvalue weighted by Gasteiger charge is 2.38. The van der Waals surface area contributed by atoms with Gasteiger partial charge in [-0.05, 0) is 64.2 Å². The molecule has 1 aromatic carbocycles. The molecular weight excluding hydrogens is 574 g/mol. The van der Waals surface area contributed by atoms with Crippen LogP contribution in [0.15, 0.2) is 54.6 Å². The molecule has 0 bridgehead atoms. The molecular formula is C44H76NO2+. The molecule has 1 rings (SSSR count). The van der Waals surface area contributed by atoms with E-state index in [9.17, 15) is 9.59 Å². The summed E-state index contributed by atoms with van der Waals surface area (Å²) in [6, 6.07) is 10.1. The van der Waals surface area contributed by atoms with E-state index in [1.807, 2.05) is 37.4 Å². The summed E-state index contributed by atoms with van der Waals surface area (Å²) < 4.78 is -0.0865. The van der Waals surface area contributed by atoms with Crippen LogP contribution >= 0.6 is 0 Å². The minimum absolute atomic E-state index is 0.0865. The van der Waals surface area contributed by atoms with Crippen molar-refractivity contribution in [1.29, 1.82) is 0 Å². The van der Waals surface area contributed by atoms with Crippen LogP contribution in [0.1, 0.15) is 199 Å². The molecule has 3 heteroatoms. The molecule has 0 fully saturated rings. The predicted octanol–water partition coefficient (Wildman–Crippen LogP) is 13.8. The Morgan fingerprint density at radius 1 is 0.468 bits per heavy atom. The first kappa shape index (κ1) is 43.0. The summed E-state index contributed by atoms with van der Waals surface area (Å²) in [5.74, 6) is 0.174. The molecule has 3 nitrogen and oxygen atoms in total. The number of amides is 2. The smallest absolute Gasteiger partial charge is 0.230 e. The monoisotopic (exact) mass is 651 g/mol. The SMILES string of the molecule is CCCCCCCCC=CCCCCCCCC(=O)[N+](C)(Cc1ccccc1)C(=O)CCCCCCCC=CCCCCCCCC. The van der Waals surface area contributed by atoms with Crippen LogP contribution < -0.4 is 0 Å². The van der Waals surface area contributed by atoms with Crippen LogP contribution in [-0.2, 0) is 16.1 Å². The number of rotatable bonds is 32. The van der Waals surface area contributed by atoms with E-state index < -0.39 is 0 Å². The van der Waals surface area contributed by atoms with E-state index >= 15 is 0 Å². The average molecular weight is 651 g/mol. The van der Waals surface area contributed by atoms with Gasteiger partial charge in [-0.25, -0.2) is 9.59 Å². The number of unbranched alkanes of at least 4 members (excludes halogenated alkanes) is 22.